The summed E-state index contributed by atoms with van der Waals surface area (Å²) in [4.78, 5) is 0. The van der Waals surface area contributed by atoms with Gasteiger partial charge in [-0.3, -0.25) is 0 Å². The predicted molar refractivity (Wildman–Crippen MR) is 66.0 cm³/mol. The summed E-state index contributed by atoms with van der Waals surface area (Å²) in [6, 6.07) is 8.02. The highest BCUT2D eigenvalue weighted by atomic mass is 19.1. The van der Waals surface area contributed by atoms with Crippen molar-refractivity contribution in [3.05, 3.63) is 66.7 Å². The SMILES string of the molecule is C=CNc1ccccc1C1C=CC(F)=CC1. The lowest BCUT2D eigenvalue weighted by Gasteiger charge is -2.17. The maximum absolute atomic E-state index is 12.9. The molecule has 2 rings (SSSR count). The lowest BCUT2D eigenvalue weighted by Crippen LogP contribution is -2.01. The van der Waals surface area contributed by atoms with Crippen LogP contribution in [0.1, 0.15) is 17.9 Å². The molecule has 0 aromatic heterocycles. The highest BCUT2D eigenvalue weighted by Crippen LogP contribution is 2.31. The number of benzene rings is 1. The van der Waals surface area contributed by atoms with Gasteiger partial charge in [0.1, 0.15) is 5.83 Å². The van der Waals surface area contributed by atoms with Crippen molar-refractivity contribution in [3.63, 3.8) is 0 Å². The van der Waals surface area contributed by atoms with Crippen LogP contribution in [0.2, 0.25) is 0 Å². The maximum atomic E-state index is 12.9. The van der Waals surface area contributed by atoms with E-state index in [1.807, 2.05) is 24.3 Å². The molecule has 0 saturated heterocycles. The molecule has 0 bridgehead atoms. The van der Waals surface area contributed by atoms with Gasteiger partial charge in [0.15, 0.2) is 0 Å². The van der Waals surface area contributed by atoms with Gasteiger partial charge in [0.2, 0.25) is 0 Å². The van der Waals surface area contributed by atoms with E-state index in [-0.39, 0.29) is 11.7 Å². The molecule has 1 aliphatic rings. The highest BCUT2D eigenvalue weighted by molar-refractivity contribution is 5.56. The van der Waals surface area contributed by atoms with E-state index in [0.29, 0.717) is 6.42 Å². The lowest BCUT2D eigenvalue weighted by atomic mass is 9.91. The van der Waals surface area contributed by atoms with Crippen molar-refractivity contribution in [2.75, 3.05) is 5.32 Å². The van der Waals surface area contributed by atoms with Crippen LogP contribution in [0.3, 0.4) is 0 Å². The number of nitrogens with one attached hydrogen (secondary N) is 1. The first kappa shape index (κ1) is 10.7. The maximum Gasteiger partial charge on any atom is 0.118 e. The molecule has 0 fully saturated rings. The number of halogens is 1. The zero-order valence-electron chi connectivity index (χ0n) is 8.99. The van der Waals surface area contributed by atoms with Crippen LogP contribution < -0.4 is 5.32 Å². The largest absolute Gasteiger partial charge is 0.362 e. The minimum Gasteiger partial charge on any atom is -0.362 e. The van der Waals surface area contributed by atoms with Gasteiger partial charge in [-0.05, 0) is 36.4 Å². The zero-order chi connectivity index (χ0) is 11.4. The lowest BCUT2D eigenvalue weighted by molar-refractivity contribution is 0.643. The monoisotopic (exact) mass is 215 g/mol. The zero-order valence-corrected chi connectivity index (χ0v) is 8.99. The highest BCUT2D eigenvalue weighted by Gasteiger charge is 2.13. The minimum absolute atomic E-state index is 0.148. The Labute approximate surface area is 95.0 Å². The molecule has 1 unspecified atom stereocenters. The van der Waals surface area contributed by atoms with Crippen LogP contribution in [0.15, 0.2) is 61.1 Å². The number of anilines is 1. The first-order valence-electron chi connectivity index (χ1n) is 5.31. The Morgan fingerprint density at radius 2 is 2.19 bits per heavy atom. The summed E-state index contributed by atoms with van der Waals surface area (Å²) in [6.45, 7) is 3.65. The van der Waals surface area contributed by atoms with Crippen LogP contribution in [0.25, 0.3) is 0 Å². The molecule has 2 heteroatoms. The fourth-order valence-corrected chi connectivity index (χ4v) is 1.89. The Balaban J connectivity index is 2.27. The van der Waals surface area contributed by atoms with Crippen LogP contribution in [-0.4, -0.2) is 0 Å². The van der Waals surface area contributed by atoms with Gasteiger partial charge in [0.25, 0.3) is 0 Å². The van der Waals surface area contributed by atoms with Crippen LogP contribution in [0.4, 0.5) is 10.1 Å². The third kappa shape index (κ3) is 2.22. The molecule has 0 radical (unpaired) electrons. The Hall–Kier alpha value is -1.83. The summed E-state index contributed by atoms with van der Waals surface area (Å²) < 4.78 is 12.9. The third-order valence-corrected chi connectivity index (χ3v) is 2.67. The predicted octanol–water partition coefficient (Wildman–Crippen LogP) is 4.14. The normalized spacial score (nSPS) is 19.1. The van der Waals surface area contributed by atoms with Gasteiger partial charge < -0.3 is 5.32 Å². The second-order valence-corrected chi connectivity index (χ2v) is 3.73. The summed E-state index contributed by atoms with van der Waals surface area (Å²) in [5.41, 5.74) is 2.20. The van der Waals surface area contributed by atoms with Crippen molar-refractivity contribution in [2.24, 2.45) is 0 Å². The molecular formula is C14H14FN. The molecule has 0 heterocycles. The number of allylic oxidation sites excluding steroid dienone is 4. The number of hydrogen-bond acceptors (Lipinski definition) is 1. The molecule has 0 saturated carbocycles. The van der Waals surface area contributed by atoms with E-state index in [0.717, 1.165) is 5.69 Å². The van der Waals surface area contributed by atoms with Crippen LogP contribution in [0, 0.1) is 0 Å². The average molecular weight is 215 g/mol. The van der Waals surface area contributed by atoms with E-state index in [9.17, 15) is 4.39 Å². The summed E-state index contributed by atoms with van der Waals surface area (Å²) in [7, 11) is 0. The van der Waals surface area contributed by atoms with Gasteiger partial charge in [-0.15, -0.1) is 0 Å². The topological polar surface area (TPSA) is 12.0 Å². The van der Waals surface area contributed by atoms with Gasteiger partial charge in [0, 0.05) is 11.6 Å². The van der Waals surface area contributed by atoms with E-state index in [2.05, 4.69) is 18.0 Å². The van der Waals surface area contributed by atoms with Crippen LogP contribution >= 0.6 is 0 Å². The van der Waals surface area contributed by atoms with Gasteiger partial charge in [-0.1, -0.05) is 30.9 Å². The molecule has 1 nitrogen and oxygen atoms in total. The molecule has 1 aromatic carbocycles. The molecule has 1 N–H and O–H groups in total. The molecule has 0 spiro atoms. The second-order valence-electron chi connectivity index (χ2n) is 3.73. The van der Waals surface area contributed by atoms with E-state index in [1.165, 1.54) is 11.6 Å². The van der Waals surface area contributed by atoms with Crippen molar-refractivity contribution < 1.29 is 4.39 Å². The number of para-hydroxylation sites is 1. The van der Waals surface area contributed by atoms with E-state index in [1.54, 1.807) is 12.3 Å². The Kier molecular flexibility index (Phi) is 3.20. The first-order valence-corrected chi connectivity index (χ1v) is 5.31. The third-order valence-electron chi connectivity index (χ3n) is 2.67. The van der Waals surface area contributed by atoms with Crippen LogP contribution in [0.5, 0.6) is 0 Å². The van der Waals surface area contributed by atoms with Gasteiger partial charge in [-0.2, -0.15) is 0 Å². The molecule has 16 heavy (non-hydrogen) atoms. The Morgan fingerprint density at radius 1 is 1.38 bits per heavy atom. The van der Waals surface area contributed by atoms with Crippen LogP contribution in [-0.2, 0) is 0 Å². The molecule has 1 atom stereocenters. The molecular weight excluding hydrogens is 201 g/mol. The van der Waals surface area contributed by atoms with E-state index >= 15 is 0 Å². The summed E-state index contributed by atoms with van der Waals surface area (Å²) >= 11 is 0. The Morgan fingerprint density at radius 3 is 2.88 bits per heavy atom. The average Bonchev–Trinajstić information content (AvgIpc) is 2.32. The Bertz CT molecular complexity index is 446. The van der Waals surface area contributed by atoms with Crippen molar-refractivity contribution in [1.29, 1.82) is 0 Å². The molecule has 1 aromatic rings. The summed E-state index contributed by atoms with van der Waals surface area (Å²) in [5.74, 6) is 0.0913. The van der Waals surface area contributed by atoms with Crippen molar-refractivity contribution in [2.45, 2.75) is 12.3 Å². The molecule has 82 valence electrons. The van der Waals surface area contributed by atoms with E-state index in [4.69, 9.17) is 0 Å². The van der Waals surface area contributed by atoms with Gasteiger partial charge >= 0.3 is 0 Å². The number of hydrogen-bond donors (Lipinski definition) is 1. The second kappa shape index (κ2) is 4.79. The van der Waals surface area contributed by atoms with Crippen molar-refractivity contribution in [1.82, 2.24) is 0 Å². The quantitative estimate of drug-likeness (QED) is 0.799. The fourth-order valence-electron chi connectivity index (χ4n) is 1.89. The summed E-state index contributed by atoms with van der Waals surface area (Å²) in [6.07, 6.45) is 7.41. The molecule has 1 aliphatic carbocycles. The van der Waals surface area contributed by atoms with Gasteiger partial charge in [0.05, 0.1) is 0 Å². The standard InChI is InChI=1S/C14H14FN/c1-2-16-14-6-4-3-5-13(14)11-7-9-12(15)10-8-11/h2-7,9-11,16H,1,8H2. The van der Waals surface area contributed by atoms with Gasteiger partial charge in [-0.25, -0.2) is 4.39 Å². The van der Waals surface area contributed by atoms with Crippen molar-refractivity contribution in [3.8, 4) is 0 Å². The van der Waals surface area contributed by atoms with E-state index < -0.39 is 0 Å². The molecule has 0 amide bonds. The minimum atomic E-state index is -0.148. The van der Waals surface area contributed by atoms with Crippen molar-refractivity contribution >= 4 is 5.69 Å². The smallest absolute Gasteiger partial charge is 0.118 e. The first-order chi connectivity index (χ1) is 7.81. The fraction of sp³-hybridized carbons (Fsp3) is 0.143. The number of rotatable bonds is 3. The summed E-state index contributed by atoms with van der Waals surface area (Å²) in [5, 5.41) is 3.10. The molecule has 0 aliphatic heterocycles.